The number of carbonyl (C=O) groups is 2. The molecule has 0 spiro atoms. The topological polar surface area (TPSA) is 128 Å². The Kier molecular flexibility index (Phi) is 8.28. The number of aliphatic carboxylic acids is 1. The number of nitrogens with one attached hydrogen (secondary N) is 1. The standard InChI is InChI=1S/C18H19F3N6O.C2HF3O2/c1-11-14(9-22)16(25-26(11)2)23-17(28)13-5-3-12(4-6-13)10-27-8-7-15(24-27)18(19,20)21;3-2(4,5)1(6)7/h3-8H,9-10,22H2,1-2H3,(H,23,25,28);(H,6,7). The van der Waals surface area contributed by atoms with E-state index in [1.807, 2.05) is 6.92 Å². The van der Waals surface area contributed by atoms with E-state index in [0.29, 0.717) is 16.9 Å². The predicted octanol–water partition coefficient (Wildman–Crippen LogP) is 3.34. The molecule has 0 saturated carbocycles. The Morgan fingerprint density at radius 3 is 2.09 bits per heavy atom. The summed E-state index contributed by atoms with van der Waals surface area (Å²) in [5.74, 6) is -2.70. The minimum Gasteiger partial charge on any atom is -0.475 e. The van der Waals surface area contributed by atoms with Crippen molar-refractivity contribution >= 4 is 17.7 Å². The third-order valence-electron chi connectivity index (χ3n) is 4.63. The van der Waals surface area contributed by atoms with Crippen LogP contribution in [0, 0.1) is 6.92 Å². The zero-order valence-electron chi connectivity index (χ0n) is 18.3. The normalized spacial score (nSPS) is 11.6. The van der Waals surface area contributed by atoms with Crippen LogP contribution in [0.1, 0.15) is 32.9 Å². The van der Waals surface area contributed by atoms with Crippen LogP contribution in [0.15, 0.2) is 36.5 Å². The van der Waals surface area contributed by atoms with Crippen molar-refractivity contribution in [3.05, 3.63) is 64.6 Å². The first kappa shape index (κ1) is 27.4. The summed E-state index contributed by atoms with van der Waals surface area (Å²) in [5.41, 5.74) is 7.51. The van der Waals surface area contributed by atoms with Gasteiger partial charge in [0.1, 0.15) is 0 Å². The second-order valence-electron chi connectivity index (χ2n) is 7.09. The fourth-order valence-corrected chi connectivity index (χ4v) is 2.73. The number of nitrogens with zero attached hydrogens (tertiary/aromatic N) is 4. The van der Waals surface area contributed by atoms with Gasteiger partial charge in [-0.25, -0.2) is 4.79 Å². The zero-order chi connectivity index (χ0) is 26.6. The molecule has 0 saturated heterocycles. The average Bonchev–Trinajstić information content (AvgIpc) is 3.33. The van der Waals surface area contributed by atoms with Crippen LogP contribution >= 0.6 is 0 Å². The number of halogens is 6. The number of aromatic nitrogens is 4. The van der Waals surface area contributed by atoms with Crippen LogP contribution in [0.3, 0.4) is 0 Å². The van der Waals surface area contributed by atoms with Crippen molar-refractivity contribution in [2.45, 2.75) is 32.4 Å². The van der Waals surface area contributed by atoms with Crippen LogP contribution < -0.4 is 11.1 Å². The summed E-state index contributed by atoms with van der Waals surface area (Å²) in [4.78, 5) is 21.3. The van der Waals surface area contributed by atoms with E-state index < -0.39 is 24.0 Å². The molecule has 1 amide bonds. The maximum absolute atomic E-state index is 12.6. The van der Waals surface area contributed by atoms with Crippen LogP contribution in [0.25, 0.3) is 0 Å². The molecule has 0 bridgehead atoms. The van der Waals surface area contributed by atoms with E-state index in [0.717, 1.165) is 17.3 Å². The van der Waals surface area contributed by atoms with E-state index in [1.54, 1.807) is 36.0 Å². The van der Waals surface area contributed by atoms with Gasteiger partial charge in [0.15, 0.2) is 11.5 Å². The molecule has 190 valence electrons. The van der Waals surface area contributed by atoms with Gasteiger partial charge >= 0.3 is 18.3 Å². The number of carboxylic acid groups (broad SMARTS) is 1. The number of nitrogens with two attached hydrogens (primary N) is 1. The minimum atomic E-state index is -5.08. The van der Waals surface area contributed by atoms with Gasteiger partial charge in [0.2, 0.25) is 0 Å². The number of rotatable bonds is 5. The fourth-order valence-electron chi connectivity index (χ4n) is 2.73. The molecule has 2 heterocycles. The van der Waals surface area contributed by atoms with Gasteiger partial charge in [-0.05, 0) is 30.7 Å². The highest BCUT2D eigenvalue weighted by Crippen LogP contribution is 2.27. The van der Waals surface area contributed by atoms with Gasteiger partial charge in [0.05, 0.1) is 6.54 Å². The van der Waals surface area contributed by atoms with E-state index in [1.165, 1.54) is 10.9 Å². The Morgan fingerprint density at radius 1 is 1.06 bits per heavy atom. The first-order valence-electron chi connectivity index (χ1n) is 9.67. The minimum absolute atomic E-state index is 0.161. The summed E-state index contributed by atoms with van der Waals surface area (Å²) in [6.07, 6.45) is -8.29. The largest absolute Gasteiger partial charge is 0.490 e. The van der Waals surface area contributed by atoms with Crippen LogP contribution in [0.5, 0.6) is 0 Å². The number of alkyl halides is 6. The molecule has 3 aromatic rings. The quantitative estimate of drug-likeness (QED) is 0.456. The van der Waals surface area contributed by atoms with Crippen molar-refractivity contribution in [2.24, 2.45) is 12.8 Å². The van der Waals surface area contributed by atoms with Gasteiger partial charge < -0.3 is 16.2 Å². The molecule has 0 fully saturated rings. The second kappa shape index (κ2) is 10.6. The van der Waals surface area contributed by atoms with Gasteiger partial charge in [-0.3, -0.25) is 14.2 Å². The third kappa shape index (κ3) is 7.30. The van der Waals surface area contributed by atoms with Crippen molar-refractivity contribution in [1.29, 1.82) is 0 Å². The lowest BCUT2D eigenvalue weighted by Gasteiger charge is -2.07. The van der Waals surface area contributed by atoms with Gasteiger partial charge in [-0.1, -0.05) is 12.1 Å². The van der Waals surface area contributed by atoms with Gasteiger partial charge in [-0.2, -0.15) is 36.5 Å². The van der Waals surface area contributed by atoms with Crippen molar-refractivity contribution in [3.63, 3.8) is 0 Å². The Hall–Kier alpha value is -3.88. The van der Waals surface area contributed by atoms with Gasteiger partial charge in [0, 0.05) is 36.6 Å². The molecule has 1 aromatic carbocycles. The number of carboxylic acids is 1. The Morgan fingerprint density at radius 2 is 1.63 bits per heavy atom. The molecular weight excluding hydrogens is 486 g/mol. The van der Waals surface area contributed by atoms with E-state index >= 15 is 0 Å². The molecule has 35 heavy (non-hydrogen) atoms. The summed E-state index contributed by atoms with van der Waals surface area (Å²) in [6.45, 7) is 2.27. The highest BCUT2D eigenvalue weighted by Gasteiger charge is 2.38. The van der Waals surface area contributed by atoms with Crippen LogP contribution in [-0.2, 0) is 31.1 Å². The lowest BCUT2D eigenvalue weighted by atomic mass is 10.1. The monoisotopic (exact) mass is 506 g/mol. The molecule has 0 aliphatic carbocycles. The SMILES string of the molecule is Cc1c(CN)c(NC(=O)c2ccc(Cn3ccc(C(F)(F)F)n3)cc2)nn1C.O=C(O)C(F)(F)F. The number of hydrogen-bond acceptors (Lipinski definition) is 5. The van der Waals surface area contributed by atoms with Crippen LogP contribution in [-0.4, -0.2) is 42.7 Å². The zero-order valence-corrected chi connectivity index (χ0v) is 18.3. The second-order valence-corrected chi connectivity index (χ2v) is 7.09. The highest BCUT2D eigenvalue weighted by atomic mass is 19.4. The number of aryl methyl sites for hydroxylation is 1. The molecule has 0 atom stereocenters. The highest BCUT2D eigenvalue weighted by molar-refractivity contribution is 6.04. The summed E-state index contributed by atoms with van der Waals surface area (Å²) >= 11 is 0. The van der Waals surface area contributed by atoms with E-state index in [4.69, 9.17) is 15.6 Å². The summed E-state index contributed by atoms with van der Waals surface area (Å²) < 4.78 is 72.4. The summed E-state index contributed by atoms with van der Waals surface area (Å²) in [7, 11) is 1.76. The van der Waals surface area contributed by atoms with Gasteiger partial charge in [-0.15, -0.1) is 0 Å². The van der Waals surface area contributed by atoms with Crippen molar-refractivity contribution in [3.8, 4) is 0 Å². The first-order chi connectivity index (χ1) is 16.1. The molecular formula is C20H20F6N6O3. The predicted molar refractivity (Wildman–Crippen MR) is 110 cm³/mol. The first-order valence-corrected chi connectivity index (χ1v) is 9.67. The fraction of sp³-hybridized carbons (Fsp3) is 0.300. The van der Waals surface area contributed by atoms with Gasteiger partial charge in [0.25, 0.3) is 5.91 Å². The number of hydrogen-bond donors (Lipinski definition) is 3. The van der Waals surface area contributed by atoms with Crippen molar-refractivity contribution < 1.29 is 41.0 Å². The Labute approximate surface area is 194 Å². The van der Waals surface area contributed by atoms with Crippen LogP contribution in [0.4, 0.5) is 32.2 Å². The smallest absolute Gasteiger partial charge is 0.475 e. The lowest BCUT2D eigenvalue weighted by Crippen LogP contribution is -2.21. The Balaban J connectivity index is 0.000000540. The van der Waals surface area contributed by atoms with E-state index in [-0.39, 0.29) is 19.0 Å². The maximum atomic E-state index is 12.6. The molecule has 0 radical (unpaired) electrons. The molecule has 3 rings (SSSR count). The maximum Gasteiger partial charge on any atom is 0.490 e. The molecule has 2 aromatic heterocycles. The number of amides is 1. The average molecular weight is 506 g/mol. The lowest BCUT2D eigenvalue weighted by molar-refractivity contribution is -0.192. The number of anilines is 1. The Bertz CT molecular complexity index is 1180. The van der Waals surface area contributed by atoms with Crippen LogP contribution in [0.2, 0.25) is 0 Å². The molecule has 15 heteroatoms. The molecule has 4 N–H and O–H groups in total. The summed E-state index contributed by atoms with van der Waals surface area (Å²) in [5, 5.41) is 17.6. The molecule has 0 aliphatic heterocycles. The van der Waals surface area contributed by atoms with E-state index in [9.17, 15) is 31.1 Å². The summed E-state index contributed by atoms with van der Waals surface area (Å²) in [6, 6.07) is 7.44. The van der Waals surface area contributed by atoms with Crippen molar-refractivity contribution in [2.75, 3.05) is 5.32 Å². The molecule has 9 nitrogen and oxygen atoms in total. The number of carbonyl (C=O) groups excluding carboxylic acids is 1. The molecule has 0 aliphatic rings. The third-order valence-corrected chi connectivity index (χ3v) is 4.63. The van der Waals surface area contributed by atoms with E-state index in [2.05, 4.69) is 15.5 Å². The number of benzene rings is 1. The van der Waals surface area contributed by atoms with Crippen molar-refractivity contribution in [1.82, 2.24) is 19.6 Å². The molecule has 0 unspecified atom stereocenters.